The number of hydrogen-bond acceptors (Lipinski definition) is 2. The third-order valence-corrected chi connectivity index (χ3v) is 2.70. The standard InChI is InChI=1S/C12H12F5NO2/c1-7(8-3-2-4-9(13)11(8)14)18(5-10(19)20)6-12(15,16)17/h2-4,7H,5-6H2,1H3,(H,19,20). The fourth-order valence-electron chi connectivity index (χ4n) is 1.77. The molecule has 0 aliphatic heterocycles. The summed E-state index contributed by atoms with van der Waals surface area (Å²) in [7, 11) is 0. The van der Waals surface area contributed by atoms with Gasteiger partial charge in [0, 0.05) is 11.6 Å². The number of halogens is 5. The Balaban J connectivity index is 3.06. The van der Waals surface area contributed by atoms with Crippen LogP contribution in [-0.2, 0) is 4.79 Å². The van der Waals surface area contributed by atoms with Gasteiger partial charge in [-0.3, -0.25) is 9.69 Å². The summed E-state index contributed by atoms with van der Waals surface area (Å²) in [6, 6.07) is 1.87. The summed E-state index contributed by atoms with van der Waals surface area (Å²) >= 11 is 0. The molecule has 0 aliphatic carbocycles. The molecule has 1 aromatic rings. The molecule has 0 amide bonds. The van der Waals surface area contributed by atoms with Gasteiger partial charge in [-0.05, 0) is 13.0 Å². The van der Waals surface area contributed by atoms with Gasteiger partial charge in [-0.15, -0.1) is 0 Å². The molecule has 1 N–H and O–H groups in total. The van der Waals surface area contributed by atoms with Crippen molar-refractivity contribution in [2.24, 2.45) is 0 Å². The molecule has 0 saturated carbocycles. The van der Waals surface area contributed by atoms with Crippen molar-refractivity contribution in [1.82, 2.24) is 4.90 Å². The predicted octanol–water partition coefficient (Wildman–Crippen LogP) is 2.97. The van der Waals surface area contributed by atoms with Gasteiger partial charge in [0.2, 0.25) is 0 Å². The van der Waals surface area contributed by atoms with Crippen molar-refractivity contribution in [2.45, 2.75) is 19.1 Å². The van der Waals surface area contributed by atoms with E-state index in [-0.39, 0.29) is 5.56 Å². The quantitative estimate of drug-likeness (QED) is 0.849. The molecule has 0 radical (unpaired) electrons. The van der Waals surface area contributed by atoms with Gasteiger partial charge in [0.05, 0.1) is 13.1 Å². The van der Waals surface area contributed by atoms with Crippen LogP contribution in [0.2, 0.25) is 0 Å². The zero-order valence-electron chi connectivity index (χ0n) is 10.4. The van der Waals surface area contributed by atoms with E-state index >= 15 is 0 Å². The van der Waals surface area contributed by atoms with E-state index in [1.165, 1.54) is 6.92 Å². The van der Waals surface area contributed by atoms with Crippen molar-refractivity contribution in [3.8, 4) is 0 Å². The minimum Gasteiger partial charge on any atom is -0.480 e. The van der Waals surface area contributed by atoms with Crippen molar-refractivity contribution in [3.05, 3.63) is 35.4 Å². The Morgan fingerprint density at radius 2 is 1.95 bits per heavy atom. The molecule has 8 heteroatoms. The normalized spacial score (nSPS) is 13.6. The first kappa shape index (κ1) is 16.4. The first-order chi connectivity index (χ1) is 9.11. The number of nitrogens with zero attached hydrogens (tertiary/aromatic N) is 1. The van der Waals surface area contributed by atoms with Crippen molar-refractivity contribution in [3.63, 3.8) is 0 Å². The zero-order chi connectivity index (χ0) is 15.5. The Morgan fingerprint density at radius 1 is 1.35 bits per heavy atom. The molecule has 0 saturated heterocycles. The average molecular weight is 297 g/mol. The molecule has 1 unspecified atom stereocenters. The Bertz CT molecular complexity index is 489. The number of alkyl halides is 3. The lowest BCUT2D eigenvalue weighted by Gasteiger charge is -2.28. The lowest BCUT2D eigenvalue weighted by atomic mass is 10.1. The molecular formula is C12H12F5NO2. The second kappa shape index (κ2) is 6.17. The summed E-state index contributed by atoms with van der Waals surface area (Å²) in [5, 5.41) is 8.62. The average Bonchev–Trinajstić information content (AvgIpc) is 2.28. The van der Waals surface area contributed by atoms with Crippen molar-refractivity contribution >= 4 is 5.97 Å². The molecule has 1 aromatic carbocycles. The van der Waals surface area contributed by atoms with E-state index in [9.17, 15) is 26.7 Å². The Morgan fingerprint density at radius 3 is 2.45 bits per heavy atom. The van der Waals surface area contributed by atoms with Crippen molar-refractivity contribution < 1.29 is 31.9 Å². The maximum Gasteiger partial charge on any atom is 0.401 e. The predicted molar refractivity (Wildman–Crippen MR) is 60.0 cm³/mol. The van der Waals surface area contributed by atoms with E-state index in [2.05, 4.69) is 0 Å². The molecule has 0 heterocycles. The van der Waals surface area contributed by atoms with Gasteiger partial charge in [0.1, 0.15) is 0 Å². The molecule has 1 rings (SSSR count). The highest BCUT2D eigenvalue weighted by Gasteiger charge is 2.34. The zero-order valence-corrected chi connectivity index (χ0v) is 10.4. The van der Waals surface area contributed by atoms with Gasteiger partial charge in [0.15, 0.2) is 11.6 Å². The van der Waals surface area contributed by atoms with Crippen LogP contribution in [0.1, 0.15) is 18.5 Å². The summed E-state index contributed by atoms with van der Waals surface area (Å²) in [5.41, 5.74) is -0.324. The molecular weight excluding hydrogens is 285 g/mol. The summed E-state index contributed by atoms with van der Waals surface area (Å²) in [4.78, 5) is 11.1. The van der Waals surface area contributed by atoms with E-state index in [4.69, 9.17) is 5.11 Å². The summed E-state index contributed by atoms with van der Waals surface area (Å²) in [5.74, 6) is -3.97. The van der Waals surface area contributed by atoms with Crippen LogP contribution in [0.3, 0.4) is 0 Å². The van der Waals surface area contributed by atoms with Crippen molar-refractivity contribution in [1.29, 1.82) is 0 Å². The Hall–Kier alpha value is -1.70. The van der Waals surface area contributed by atoms with E-state index in [0.717, 1.165) is 18.2 Å². The fraction of sp³-hybridized carbons (Fsp3) is 0.417. The van der Waals surface area contributed by atoms with Gasteiger partial charge >= 0.3 is 12.1 Å². The number of carboxylic acid groups (broad SMARTS) is 1. The number of hydrogen-bond donors (Lipinski definition) is 1. The largest absolute Gasteiger partial charge is 0.480 e. The monoisotopic (exact) mass is 297 g/mol. The third kappa shape index (κ3) is 4.44. The van der Waals surface area contributed by atoms with Crippen LogP contribution in [0.25, 0.3) is 0 Å². The number of carbonyl (C=O) groups is 1. The van der Waals surface area contributed by atoms with E-state index in [0.29, 0.717) is 4.90 Å². The van der Waals surface area contributed by atoms with Gasteiger partial charge in [-0.2, -0.15) is 13.2 Å². The molecule has 0 aromatic heterocycles. The number of carboxylic acids is 1. The van der Waals surface area contributed by atoms with Crippen LogP contribution < -0.4 is 0 Å². The number of rotatable bonds is 5. The minimum atomic E-state index is -4.65. The topological polar surface area (TPSA) is 40.5 Å². The minimum absolute atomic E-state index is 0.324. The summed E-state index contributed by atoms with van der Waals surface area (Å²) in [6.07, 6.45) is -4.65. The van der Waals surface area contributed by atoms with Crippen LogP contribution in [0, 0.1) is 11.6 Å². The summed E-state index contributed by atoms with van der Waals surface area (Å²) < 4.78 is 63.9. The molecule has 0 fully saturated rings. The lowest BCUT2D eigenvalue weighted by molar-refractivity contribution is -0.158. The molecule has 0 aliphatic rings. The number of aliphatic carboxylic acids is 1. The molecule has 0 bridgehead atoms. The maximum atomic E-state index is 13.6. The highest BCUT2D eigenvalue weighted by Crippen LogP contribution is 2.27. The molecule has 112 valence electrons. The third-order valence-electron chi connectivity index (χ3n) is 2.70. The van der Waals surface area contributed by atoms with Gasteiger partial charge in [-0.1, -0.05) is 12.1 Å². The Kier molecular flexibility index (Phi) is 5.04. The van der Waals surface area contributed by atoms with E-state index in [1.807, 2.05) is 0 Å². The Labute approximate surface area is 111 Å². The number of benzene rings is 1. The van der Waals surface area contributed by atoms with Gasteiger partial charge in [0.25, 0.3) is 0 Å². The van der Waals surface area contributed by atoms with Crippen molar-refractivity contribution in [2.75, 3.05) is 13.1 Å². The smallest absolute Gasteiger partial charge is 0.401 e. The first-order valence-electron chi connectivity index (χ1n) is 5.58. The SMILES string of the molecule is CC(c1cccc(F)c1F)N(CC(=O)O)CC(F)(F)F. The second-order valence-electron chi connectivity index (χ2n) is 4.23. The van der Waals surface area contributed by atoms with E-state index < -0.39 is 42.9 Å². The van der Waals surface area contributed by atoms with E-state index in [1.54, 1.807) is 0 Å². The fourth-order valence-corrected chi connectivity index (χ4v) is 1.77. The van der Waals surface area contributed by atoms with Crippen LogP contribution in [0.4, 0.5) is 22.0 Å². The highest BCUT2D eigenvalue weighted by molar-refractivity contribution is 5.69. The van der Waals surface area contributed by atoms with Crippen LogP contribution in [0.5, 0.6) is 0 Å². The first-order valence-corrected chi connectivity index (χ1v) is 5.58. The van der Waals surface area contributed by atoms with Gasteiger partial charge < -0.3 is 5.11 Å². The molecule has 1 atom stereocenters. The molecule has 0 spiro atoms. The molecule has 3 nitrogen and oxygen atoms in total. The van der Waals surface area contributed by atoms with Crippen LogP contribution >= 0.6 is 0 Å². The second-order valence-corrected chi connectivity index (χ2v) is 4.23. The lowest BCUT2D eigenvalue weighted by Crippen LogP contribution is -2.39. The van der Waals surface area contributed by atoms with Crippen LogP contribution in [-0.4, -0.2) is 35.2 Å². The molecule has 20 heavy (non-hydrogen) atoms. The van der Waals surface area contributed by atoms with Gasteiger partial charge in [-0.25, -0.2) is 8.78 Å². The van der Waals surface area contributed by atoms with Crippen LogP contribution in [0.15, 0.2) is 18.2 Å². The summed E-state index contributed by atoms with van der Waals surface area (Å²) in [6.45, 7) is -1.28. The highest BCUT2D eigenvalue weighted by atomic mass is 19.4. The maximum absolute atomic E-state index is 13.6.